The highest BCUT2D eigenvalue weighted by Gasteiger charge is 2.34. The zero-order valence-electron chi connectivity index (χ0n) is 12.4. The summed E-state index contributed by atoms with van der Waals surface area (Å²) in [6, 6.07) is 0.798. The van der Waals surface area contributed by atoms with E-state index in [0.29, 0.717) is 0 Å². The van der Waals surface area contributed by atoms with Crippen LogP contribution in [0, 0.1) is 17.8 Å². The molecule has 2 rings (SSSR count). The van der Waals surface area contributed by atoms with Crippen molar-refractivity contribution in [3.8, 4) is 0 Å². The standard InChI is InChI=1S/C16H32N2/c1-3-13-7-9-18(10-8-13)16-11-14(4-2)5-6-15(16)12-17/h13-16H,3-12,17H2,1-2H3. The maximum atomic E-state index is 6.01. The molecule has 2 N–H and O–H groups in total. The van der Waals surface area contributed by atoms with E-state index < -0.39 is 0 Å². The Morgan fingerprint density at radius 1 is 0.944 bits per heavy atom. The largest absolute Gasteiger partial charge is 0.330 e. The van der Waals surface area contributed by atoms with E-state index in [1.165, 1.54) is 58.0 Å². The summed E-state index contributed by atoms with van der Waals surface area (Å²) < 4.78 is 0. The second kappa shape index (κ2) is 6.91. The van der Waals surface area contributed by atoms with Gasteiger partial charge >= 0.3 is 0 Å². The molecule has 106 valence electrons. The van der Waals surface area contributed by atoms with Crippen LogP contribution in [0.5, 0.6) is 0 Å². The predicted molar refractivity (Wildman–Crippen MR) is 78.6 cm³/mol. The molecule has 2 aliphatic rings. The lowest BCUT2D eigenvalue weighted by molar-refractivity contribution is 0.0513. The van der Waals surface area contributed by atoms with Crippen LogP contribution in [0.15, 0.2) is 0 Å². The Labute approximate surface area is 113 Å². The fourth-order valence-electron chi connectivity index (χ4n) is 4.08. The van der Waals surface area contributed by atoms with Gasteiger partial charge in [0.1, 0.15) is 0 Å². The molecule has 0 amide bonds. The normalized spacial score (nSPS) is 35.8. The topological polar surface area (TPSA) is 29.3 Å². The van der Waals surface area contributed by atoms with Crippen LogP contribution in [-0.4, -0.2) is 30.6 Å². The van der Waals surface area contributed by atoms with Gasteiger partial charge in [0.15, 0.2) is 0 Å². The molecular weight excluding hydrogens is 220 g/mol. The number of piperidine rings is 1. The van der Waals surface area contributed by atoms with Crippen molar-refractivity contribution in [3.63, 3.8) is 0 Å². The summed E-state index contributed by atoms with van der Waals surface area (Å²) in [5, 5.41) is 0. The van der Waals surface area contributed by atoms with Crippen molar-refractivity contribution in [2.24, 2.45) is 23.5 Å². The molecule has 3 atom stereocenters. The Morgan fingerprint density at radius 3 is 2.17 bits per heavy atom. The average Bonchev–Trinajstić information content (AvgIpc) is 2.46. The quantitative estimate of drug-likeness (QED) is 0.832. The molecule has 1 aliphatic carbocycles. The number of hydrogen-bond acceptors (Lipinski definition) is 2. The lowest BCUT2D eigenvalue weighted by Gasteiger charge is -2.45. The van der Waals surface area contributed by atoms with Crippen molar-refractivity contribution >= 4 is 0 Å². The van der Waals surface area contributed by atoms with E-state index in [4.69, 9.17) is 5.73 Å². The third kappa shape index (κ3) is 3.27. The summed E-state index contributed by atoms with van der Waals surface area (Å²) in [6.45, 7) is 8.26. The fraction of sp³-hybridized carbons (Fsp3) is 1.00. The zero-order chi connectivity index (χ0) is 13.0. The molecule has 0 aromatic heterocycles. The number of nitrogens with zero attached hydrogens (tertiary/aromatic N) is 1. The molecule has 1 saturated heterocycles. The first-order valence-corrected chi connectivity index (χ1v) is 8.22. The molecule has 18 heavy (non-hydrogen) atoms. The van der Waals surface area contributed by atoms with Crippen LogP contribution in [-0.2, 0) is 0 Å². The first-order valence-electron chi connectivity index (χ1n) is 8.22. The Balaban J connectivity index is 1.91. The maximum Gasteiger partial charge on any atom is 0.0138 e. The van der Waals surface area contributed by atoms with Gasteiger partial charge in [-0.1, -0.05) is 33.1 Å². The highest BCUT2D eigenvalue weighted by atomic mass is 15.2. The first-order chi connectivity index (χ1) is 8.78. The highest BCUT2D eigenvalue weighted by molar-refractivity contribution is 4.89. The van der Waals surface area contributed by atoms with Crippen molar-refractivity contribution in [3.05, 3.63) is 0 Å². The molecule has 1 heterocycles. The van der Waals surface area contributed by atoms with E-state index >= 15 is 0 Å². The number of hydrogen-bond donors (Lipinski definition) is 1. The van der Waals surface area contributed by atoms with Crippen LogP contribution in [0.2, 0.25) is 0 Å². The molecule has 0 aromatic carbocycles. The van der Waals surface area contributed by atoms with Crippen molar-refractivity contribution in [2.75, 3.05) is 19.6 Å². The molecule has 0 spiro atoms. The van der Waals surface area contributed by atoms with Gasteiger partial charge in [-0.25, -0.2) is 0 Å². The summed E-state index contributed by atoms with van der Waals surface area (Å²) in [4.78, 5) is 2.78. The van der Waals surface area contributed by atoms with Crippen molar-refractivity contribution in [1.82, 2.24) is 4.90 Å². The molecule has 0 bridgehead atoms. The van der Waals surface area contributed by atoms with E-state index in [-0.39, 0.29) is 0 Å². The van der Waals surface area contributed by atoms with Gasteiger partial charge < -0.3 is 10.6 Å². The summed E-state index contributed by atoms with van der Waals surface area (Å²) in [6.07, 6.45) is 9.76. The molecular formula is C16H32N2. The Hall–Kier alpha value is -0.0800. The smallest absolute Gasteiger partial charge is 0.0138 e. The molecule has 3 unspecified atom stereocenters. The van der Waals surface area contributed by atoms with Crippen LogP contribution >= 0.6 is 0 Å². The van der Waals surface area contributed by atoms with Gasteiger partial charge in [-0.3, -0.25) is 0 Å². The summed E-state index contributed by atoms with van der Waals surface area (Å²) in [5.41, 5.74) is 6.01. The third-order valence-electron chi connectivity index (χ3n) is 5.64. The maximum absolute atomic E-state index is 6.01. The van der Waals surface area contributed by atoms with Gasteiger partial charge in [0.05, 0.1) is 0 Å². The monoisotopic (exact) mass is 252 g/mol. The van der Waals surface area contributed by atoms with Crippen LogP contribution in [0.3, 0.4) is 0 Å². The van der Waals surface area contributed by atoms with E-state index in [2.05, 4.69) is 18.7 Å². The van der Waals surface area contributed by atoms with Crippen LogP contribution in [0.25, 0.3) is 0 Å². The van der Waals surface area contributed by atoms with Gasteiger partial charge in [-0.05, 0) is 63.1 Å². The average molecular weight is 252 g/mol. The van der Waals surface area contributed by atoms with Crippen LogP contribution in [0.1, 0.15) is 58.8 Å². The minimum absolute atomic E-state index is 0.769. The van der Waals surface area contributed by atoms with Gasteiger partial charge in [0.25, 0.3) is 0 Å². The van der Waals surface area contributed by atoms with Gasteiger partial charge in [-0.2, -0.15) is 0 Å². The van der Waals surface area contributed by atoms with Crippen LogP contribution < -0.4 is 5.73 Å². The van der Waals surface area contributed by atoms with E-state index in [9.17, 15) is 0 Å². The second-order valence-corrected chi connectivity index (χ2v) is 6.54. The summed E-state index contributed by atoms with van der Waals surface area (Å²) in [5.74, 6) is 2.72. The minimum atomic E-state index is 0.769. The number of rotatable bonds is 4. The Bertz CT molecular complexity index is 233. The van der Waals surface area contributed by atoms with Crippen molar-refractivity contribution < 1.29 is 0 Å². The summed E-state index contributed by atoms with van der Waals surface area (Å²) >= 11 is 0. The van der Waals surface area contributed by atoms with Gasteiger partial charge in [0, 0.05) is 6.04 Å². The van der Waals surface area contributed by atoms with Crippen molar-refractivity contribution in [2.45, 2.75) is 64.8 Å². The van der Waals surface area contributed by atoms with Crippen LogP contribution in [0.4, 0.5) is 0 Å². The minimum Gasteiger partial charge on any atom is -0.330 e. The predicted octanol–water partition coefficient (Wildman–Crippen LogP) is 3.26. The molecule has 1 saturated carbocycles. The summed E-state index contributed by atoms with van der Waals surface area (Å²) in [7, 11) is 0. The molecule has 0 radical (unpaired) electrons. The van der Waals surface area contributed by atoms with E-state index in [0.717, 1.165) is 30.3 Å². The second-order valence-electron chi connectivity index (χ2n) is 6.54. The number of nitrogens with two attached hydrogens (primary N) is 1. The number of likely N-dealkylation sites (tertiary alicyclic amines) is 1. The van der Waals surface area contributed by atoms with E-state index in [1.807, 2.05) is 0 Å². The first kappa shape index (κ1) is 14.3. The Morgan fingerprint density at radius 2 is 1.61 bits per heavy atom. The third-order valence-corrected chi connectivity index (χ3v) is 5.64. The van der Waals surface area contributed by atoms with E-state index in [1.54, 1.807) is 0 Å². The van der Waals surface area contributed by atoms with Gasteiger partial charge in [-0.15, -0.1) is 0 Å². The molecule has 2 fully saturated rings. The molecule has 1 aliphatic heterocycles. The SMILES string of the molecule is CCC1CCN(C2CC(CC)CCC2CN)CC1. The fourth-order valence-corrected chi connectivity index (χ4v) is 4.08. The van der Waals surface area contributed by atoms with Crippen molar-refractivity contribution in [1.29, 1.82) is 0 Å². The molecule has 2 nitrogen and oxygen atoms in total. The molecule has 2 heteroatoms. The lowest BCUT2D eigenvalue weighted by atomic mass is 9.75. The highest BCUT2D eigenvalue weighted by Crippen LogP contribution is 2.35. The lowest BCUT2D eigenvalue weighted by Crippen LogP contribution is -2.49. The molecule has 0 aromatic rings. The Kier molecular flexibility index (Phi) is 5.50. The van der Waals surface area contributed by atoms with Gasteiger partial charge in [0.2, 0.25) is 0 Å². The zero-order valence-corrected chi connectivity index (χ0v) is 12.4.